The second-order valence-electron chi connectivity index (χ2n) is 7.09. The Balaban J connectivity index is 1.74. The first kappa shape index (κ1) is 19.7. The van der Waals surface area contributed by atoms with Crippen molar-refractivity contribution in [1.82, 2.24) is 4.72 Å². The lowest BCUT2D eigenvalue weighted by Gasteiger charge is -2.17. The highest BCUT2D eigenvalue weighted by atomic mass is 32.2. The van der Waals surface area contributed by atoms with Gasteiger partial charge >= 0.3 is 0 Å². The highest BCUT2D eigenvalue weighted by molar-refractivity contribution is 7.89. The zero-order chi connectivity index (χ0) is 19.6. The zero-order valence-electron chi connectivity index (χ0n) is 16.3. The van der Waals surface area contributed by atoms with E-state index in [0.717, 1.165) is 41.2 Å². The van der Waals surface area contributed by atoms with Gasteiger partial charge in [0.2, 0.25) is 10.0 Å². The van der Waals surface area contributed by atoms with E-state index in [2.05, 4.69) is 10.8 Å². The minimum Gasteiger partial charge on any atom is -0.493 e. The molecule has 1 unspecified atom stereocenters. The zero-order valence-corrected chi connectivity index (χ0v) is 17.2. The standard InChI is InChI=1S/C21H27NO4S/c1-5-25-21-14(2)10-19(11-15(21)3)27(23,24)22-16(4)12-17-6-7-20-18(13-17)8-9-26-20/h6-7,10-11,13,16,22H,5,8-9,12H2,1-4H3. The molecule has 1 N–H and O–H groups in total. The summed E-state index contributed by atoms with van der Waals surface area (Å²) in [6.45, 7) is 8.81. The van der Waals surface area contributed by atoms with Crippen molar-refractivity contribution >= 4 is 10.0 Å². The van der Waals surface area contributed by atoms with Gasteiger partial charge in [0, 0.05) is 12.5 Å². The van der Waals surface area contributed by atoms with Crippen LogP contribution in [0.2, 0.25) is 0 Å². The van der Waals surface area contributed by atoms with E-state index in [-0.39, 0.29) is 10.9 Å². The molecule has 0 fully saturated rings. The van der Waals surface area contributed by atoms with Crippen molar-refractivity contribution in [3.63, 3.8) is 0 Å². The Morgan fingerprint density at radius 2 is 1.89 bits per heavy atom. The molecule has 0 bridgehead atoms. The fourth-order valence-corrected chi connectivity index (χ4v) is 4.95. The van der Waals surface area contributed by atoms with Crippen LogP contribution >= 0.6 is 0 Å². The minimum absolute atomic E-state index is 0.220. The summed E-state index contributed by atoms with van der Waals surface area (Å²) < 4.78 is 39.6. The Morgan fingerprint density at radius 3 is 2.56 bits per heavy atom. The second kappa shape index (κ2) is 7.90. The number of hydrogen-bond acceptors (Lipinski definition) is 4. The van der Waals surface area contributed by atoms with E-state index in [9.17, 15) is 8.42 Å². The molecule has 0 aliphatic carbocycles. The Bertz CT molecular complexity index is 914. The molecule has 0 spiro atoms. The first-order valence-corrected chi connectivity index (χ1v) is 10.8. The quantitative estimate of drug-likeness (QED) is 0.787. The van der Waals surface area contributed by atoms with Crippen LogP contribution in [0.1, 0.15) is 36.1 Å². The van der Waals surface area contributed by atoms with E-state index in [1.165, 1.54) is 5.56 Å². The van der Waals surface area contributed by atoms with Gasteiger partial charge < -0.3 is 9.47 Å². The van der Waals surface area contributed by atoms with Gasteiger partial charge in [-0.15, -0.1) is 0 Å². The molecule has 146 valence electrons. The molecule has 3 rings (SSSR count). The number of ether oxygens (including phenoxy) is 2. The minimum atomic E-state index is -3.60. The molecule has 1 atom stereocenters. The van der Waals surface area contributed by atoms with Crippen molar-refractivity contribution in [2.45, 2.75) is 51.5 Å². The third kappa shape index (κ3) is 4.45. The number of hydrogen-bond donors (Lipinski definition) is 1. The first-order valence-electron chi connectivity index (χ1n) is 9.31. The molecule has 5 nitrogen and oxygen atoms in total. The summed E-state index contributed by atoms with van der Waals surface area (Å²) in [5, 5.41) is 0. The summed E-state index contributed by atoms with van der Waals surface area (Å²) in [7, 11) is -3.60. The highest BCUT2D eigenvalue weighted by Crippen LogP contribution is 2.28. The van der Waals surface area contributed by atoms with Gasteiger partial charge in [-0.1, -0.05) is 12.1 Å². The third-order valence-corrected chi connectivity index (χ3v) is 6.25. The number of sulfonamides is 1. The summed E-state index contributed by atoms with van der Waals surface area (Å²) in [4.78, 5) is 0.273. The number of rotatable bonds is 7. The lowest BCUT2D eigenvalue weighted by atomic mass is 10.0. The van der Waals surface area contributed by atoms with Gasteiger partial charge in [0.25, 0.3) is 0 Å². The molecule has 0 radical (unpaired) electrons. The van der Waals surface area contributed by atoms with Crippen molar-refractivity contribution < 1.29 is 17.9 Å². The molecule has 6 heteroatoms. The maximum absolute atomic E-state index is 12.8. The lowest BCUT2D eigenvalue weighted by molar-refractivity contribution is 0.335. The fraction of sp³-hybridized carbons (Fsp3) is 0.429. The fourth-order valence-electron chi connectivity index (χ4n) is 3.53. The van der Waals surface area contributed by atoms with Gasteiger partial charge in [0.15, 0.2) is 0 Å². The maximum Gasteiger partial charge on any atom is 0.240 e. The monoisotopic (exact) mass is 389 g/mol. The summed E-state index contributed by atoms with van der Waals surface area (Å²) in [6, 6.07) is 9.19. The van der Waals surface area contributed by atoms with Gasteiger partial charge in [-0.3, -0.25) is 0 Å². The number of aryl methyl sites for hydroxylation is 2. The smallest absolute Gasteiger partial charge is 0.240 e. The first-order chi connectivity index (χ1) is 12.8. The Labute approximate surface area is 161 Å². The van der Waals surface area contributed by atoms with Crippen molar-refractivity contribution in [2.24, 2.45) is 0 Å². The van der Waals surface area contributed by atoms with Crippen molar-refractivity contribution in [3.05, 3.63) is 52.6 Å². The van der Waals surface area contributed by atoms with E-state index in [4.69, 9.17) is 9.47 Å². The molecular weight excluding hydrogens is 362 g/mol. The van der Waals surface area contributed by atoms with E-state index in [0.29, 0.717) is 13.0 Å². The van der Waals surface area contributed by atoms with Crippen LogP contribution in [0.3, 0.4) is 0 Å². The number of nitrogens with one attached hydrogen (secondary N) is 1. The Morgan fingerprint density at radius 1 is 1.19 bits per heavy atom. The summed E-state index contributed by atoms with van der Waals surface area (Å²) >= 11 is 0. The van der Waals surface area contributed by atoms with Gasteiger partial charge in [-0.25, -0.2) is 13.1 Å². The Kier molecular flexibility index (Phi) is 5.77. The normalized spacial score (nSPS) is 14.5. The van der Waals surface area contributed by atoms with Crippen LogP contribution in [0.4, 0.5) is 0 Å². The highest BCUT2D eigenvalue weighted by Gasteiger charge is 2.21. The van der Waals surface area contributed by atoms with Gasteiger partial charge in [0.1, 0.15) is 11.5 Å². The van der Waals surface area contributed by atoms with Crippen molar-refractivity contribution in [1.29, 1.82) is 0 Å². The van der Waals surface area contributed by atoms with E-state index in [1.54, 1.807) is 12.1 Å². The van der Waals surface area contributed by atoms with E-state index in [1.807, 2.05) is 39.8 Å². The van der Waals surface area contributed by atoms with Crippen LogP contribution in [0, 0.1) is 13.8 Å². The predicted octanol–water partition coefficient (Wildman–Crippen LogP) is 3.55. The average molecular weight is 390 g/mol. The van der Waals surface area contributed by atoms with Crippen molar-refractivity contribution in [2.75, 3.05) is 13.2 Å². The van der Waals surface area contributed by atoms with Crippen LogP contribution in [-0.2, 0) is 22.9 Å². The molecule has 0 amide bonds. The molecule has 2 aromatic carbocycles. The molecule has 1 aliphatic heterocycles. The van der Waals surface area contributed by atoms with Gasteiger partial charge in [-0.2, -0.15) is 0 Å². The summed E-state index contributed by atoms with van der Waals surface area (Å²) in [5.41, 5.74) is 3.95. The largest absolute Gasteiger partial charge is 0.493 e. The van der Waals surface area contributed by atoms with Gasteiger partial charge in [-0.05, 0) is 74.6 Å². The number of benzene rings is 2. The van der Waals surface area contributed by atoms with Crippen LogP contribution in [0.15, 0.2) is 35.2 Å². The van der Waals surface area contributed by atoms with Crippen LogP contribution < -0.4 is 14.2 Å². The van der Waals surface area contributed by atoms with Crippen LogP contribution in [-0.4, -0.2) is 27.7 Å². The van der Waals surface area contributed by atoms with E-state index < -0.39 is 10.0 Å². The molecule has 2 aromatic rings. The molecule has 0 saturated heterocycles. The van der Waals surface area contributed by atoms with Crippen molar-refractivity contribution in [3.8, 4) is 11.5 Å². The van der Waals surface area contributed by atoms with E-state index >= 15 is 0 Å². The third-order valence-electron chi connectivity index (χ3n) is 4.68. The molecular formula is C21H27NO4S. The predicted molar refractivity (Wildman–Crippen MR) is 106 cm³/mol. The lowest BCUT2D eigenvalue weighted by Crippen LogP contribution is -2.34. The summed E-state index contributed by atoms with van der Waals surface area (Å²) in [5.74, 6) is 1.69. The SMILES string of the molecule is CCOc1c(C)cc(S(=O)(=O)NC(C)Cc2ccc3c(c2)CCO3)cc1C. The second-order valence-corrected chi connectivity index (χ2v) is 8.80. The maximum atomic E-state index is 12.8. The molecule has 27 heavy (non-hydrogen) atoms. The number of fused-ring (bicyclic) bond motifs is 1. The summed E-state index contributed by atoms with van der Waals surface area (Å²) in [6.07, 6.45) is 1.54. The average Bonchev–Trinajstić information content (AvgIpc) is 3.05. The van der Waals surface area contributed by atoms with Crippen LogP contribution in [0.25, 0.3) is 0 Å². The van der Waals surface area contributed by atoms with Crippen LogP contribution in [0.5, 0.6) is 11.5 Å². The topological polar surface area (TPSA) is 64.6 Å². The molecule has 0 aromatic heterocycles. The Hall–Kier alpha value is -2.05. The molecule has 0 saturated carbocycles. The molecule has 1 heterocycles. The van der Waals surface area contributed by atoms with Gasteiger partial charge in [0.05, 0.1) is 18.1 Å². The molecule has 1 aliphatic rings.